The first-order valence-corrected chi connectivity index (χ1v) is 7.42. The van der Waals surface area contributed by atoms with Crippen LogP contribution in [0.15, 0.2) is 18.2 Å². The average molecular weight is 394 g/mol. The summed E-state index contributed by atoms with van der Waals surface area (Å²) in [5, 5.41) is 9.45. The fourth-order valence-corrected chi connectivity index (χ4v) is 3.13. The highest BCUT2D eigenvalue weighted by Crippen LogP contribution is 2.24. The number of halogens is 2. The Kier molecular flexibility index (Phi) is 4.67. The monoisotopic (exact) mass is 393 g/mol. The lowest BCUT2D eigenvalue weighted by Crippen LogP contribution is -2.42. The van der Waals surface area contributed by atoms with E-state index in [1.54, 1.807) is 17.0 Å². The molecule has 0 aliphatic carbocycles. The third-order valence-electron chi connectivity index (χ3n) is 3.22. The molecular weight excluding hydrogens is 381 g/mol. The Hall–Kier alpha value is -0.820. The molecule has 0 spiro atoms. The minimum absolute atomic E-state index is 0.188. The van der Waals surface area contributed by atoms with E-state index in [1.807, 2.05) is 6.07 Å². The molecule has 2 rings (SSSR count). The number of carboxylic acids is 1. The van der Waals surface area contributed by atoms with Gasteiger partial charge in [-0.15, -0.1) is 0 Å². The lowest BCUT2D eigenvalue weighted by molar-refractivity contribution is -0.143. The predicted molar refractivity (Wildman–Crippen MR) is 80.4 cm³/mol. The van der Waals surface area contributed by atoms with Gasteiger partial charge in [0.2, 0.25) is 0 Å². The first-order chi connectivity index (χ1) is 8.99. The molecule has 1 fully saturated rings. The molecule has 1 aliphatic rings. The number of likely N-dealkylation sites (tertiary alicyclic amines) is 1. The molecule has 0 bridgehead atoms. The van der Waals surface area contributed by atoms with Crippen LogP contribution in [-0.4, -0.2) is 35.0 Å². The summed E-state index contributed by atoms with van der Waals surface area (Å²) in [6.07, 6.45) is 1.34. The van der Waals surface area contributed by atoms with Crippen LogP contribution in [-0.2, 0) is 4.79 Å². The van der Waals surface area contributed by atoms with Crippen molar-refractivity contribution in [2.24, 2.45) is 5.92 Å². The zero-order valence-corrected chi connectivity index (χ0v) is 13.0. The van der Waals surface area contributed by atoms with Crippen molar-refractivity contribution in [3.8, 4) is 0 Å². The van der Waals surface area contributed by atoms with Crippen LogP contribution in [0.3, 0.4) is 0 Å². The molecule has 1 saturated heterocycles. The molecule has 0 radical (unpaired) electrons. The second-order valence-corrected chi connectivity index (χ2v) is 6.21. The van der Waals surface area contributed by atoms with Gasteiger partial charge in [0.1, 0.15) is 0 Å². The number of hydrogen-bond donors (Lipinski definition) is 1. The summed E-state index contributed by atoms with van der Waals surface area (Å²) in [5.74, 6) is -1.50. The number of rotatable bonds is 2. The van der Waals surface area contributed by atoms with Crippen LogP contribution in [0.4, 0.5) is 0 Å². The molecule has 1 atom stereocenters. The zero-order chi connectivity index (χ0) is 14.0. The van der Waals surface area contributed by atoms with Crippen LogP contribution in [0.5, 0.6) is 0 Å². The van der Waals surface area contributed by atoms with Gasteiger partial charge in [0.25, 0.3) is 5.91 Å². The first-order valence-electron chi connectivity index (χ1n) is 5.96. The van der Waals surface area contributed by atoms with Gasteiger partial charge in [-0.1, -0.05) is 11.6 Å². The number of amides is 1. The van der Waals surface area contributed by atoms with E-state index in [0.29, 0.717) is 30.0 Å². The van der Waals surface area contributed by atoms with Crippen LogP contribution in [0.25, 0.3) is 0 Å². The summed E-state index contributed by atoms with van der Waals surface area (Å²) in [4.78, 5) is 24.9. The van der Waals surface area contributed by atoms with Gasteiger partial charge in [-0.3, -0.25) is 9.59 Å². The Morgan fingerprint density at radius 1 is 1.42 bits per heavy atom. The first kappa shape index (κ1) is 14.6. The van der Waals surface area contributed by atoms with Gasteiger partial charge in [0, 0.05) is 16.7 Å². The predicted octanol–water partition coefficient (Wildman–Crippen LogP) is 2.88. The molecular formula is C13H13ClINO3. The van der Waals surface area contributed by atoms with Crippen molar-refractivity contribution >= 4 is 46.1 Å². The van der Waals surface area contributed by atoms with E-state index in [9.17, 15) is 9.59 Å². The topological polar surface area (TPSA) is 57.6 Å². The van der Waals surface area contributed by atoms with Gasteiger partial charge in [-0.25, -0.2) is 0 Å². The number of benzene rings is 1. The Bertz CT molecular complexity index is 521. The number of nitrogens with zero attached hydrogens (tertiary/aromatic N) is 1. The molecule has 0 saturated carbocycles. The second-order valence-electron chi connectivity index (χ2n) is 4.55. The molecule has 1 aromatic carbocycles. The highest BCUT2D eigenvalue weighted by Gasteiger charge is 2.29. The number of piperidine rings is 1. The normalized spacial score (nSPS) is 19.3. The Balaban J connectivity index is 2.17. The number of carbonyl (C=O) groups excluding carboxylic acids is 1. The summed E-state index contributed by atoms with van der Waals surface area (Å²) < 4.78 is 0.959. The highest BCUT2D eigenvalue weighted by atomic mass is 127. The van der Waals surface area contributed by atoms with E-state index in [1.165, 1.54) is 0 Å². The van der Waals surface area contributed by atoms with E-state index < -0.39 is 11.9 Å². The number of carboxylic acid groups (broad SMARTS) is 1. The van der Waals surface area contributed by atoms with E-state index in [0.717, 1.165) is 3.57 Å². The number of hydrogen-bond acceptors (Lipinski definition) is 2. The van der Waals surface area contributed by atoms with Crippen LogP contribution in [0.2, 0.25) is 5.02 Å². The molecule has 0 aromatic heterocycles. The maximum Gasteiger partial charge on any atom is 0.308 e. The summed E-state index contributed by atoms with van der Waals surface area (Å²) in [6.45, 7) is 0.849. The van der Waals surface area contributed by atoms with Crippen LogP contribution < -0.4 is 0 Å². The summed E-state index contributed by atoms with van der Waals surface area (Å²) >= 11 is 8.20. The van der Waals surface area contributed by atoms with Crippen molar-refractivity contribution in [3.63, 3.8) is 0 Å². The van der Waals surface area contributed by atoms with Gasteiger partial charge in [-0.2, -0.15) is 0 Å². The molecule has 102 valence electrons. The lowest BCUT2D eigenvalue weighted by Gasteiger charge is -2.31. The molecule has 1 aliphatic heterocycles. The van der Waals surface area contributed by atoms with Crippen molar-refractivity contribution in [3.05, 3.63) is 32.4 Å². The fraction of sp³-hybridized carbons (Fsp3) is 0.385. The fourth-order valence-electron chi connectivity index (χ4n) is 2.20. The molecule has 1 unspecified atom stereocenters. The van der Waals surface area contributed by atoms with Gasteiger partial charge in [-0.05, 0) is 53.6 Å². The number of carbonyl (C=O) groups is 2. The Morgan fingerprint density at radius 2 is 2.16 bits per heavy atom. The Morgan fingerprint density at radius 3 is 2.79 bits per heavy atom. The van der Waals surface area contributed by atoms with Crippen molar-refractivity contribution < 1.29 is 14.7 Å². The van der Waals surface area contributed by atoms with E-state index >= 15 is 0 Å². The molecule has 1 N–H and O–H groups in total. The largest absolute Gasteiger partial charge is 0.481 e. The standard InChI is InChI=1S/C13H13ClINO3/c14-11-6-9(15)3-4-10(11)12(17)16-5-1-2-8(7-16)13(18)19/h3-4,6,8H,1-2,5,7H2,(H,18,19). The van der Waals surface area contributed by atoms with E-state index in [4.69, 9.17) is 16.7 Å². The molecule has 1 aromatic rings. The maximum atomic E-state index is 12.3. The van der Waals surface area contributed by atoms with Gasteiger partial charge >= 0.3 is 5.97 Å². The third kappa shape index (κ3) is 3.39. The van der Waals surface area contributed by atoms with Crippen LogP contribution >= 0.6 is 34.2 Å². The summed E-state index contributed by atoms with van der Waals surface area (Å²) in [6, 6.07) is 5.24. The quantitative estimate of drug-likeness (QED) is 0.786. The lowest BCUT2D eigenvalue weighted by atomic mass is 9.97. The zero-order valence-electron chi connectivity index (χ0n) is 10.1. The SMILES string of the molecule is O=C(O)C1CCCN(C(=O)c2ccc(I)cc2Cl)C1. The van der Waals surface area contributed by atoms with Crippen molar-refractivity contribution in [2.45, 2.75) is 12.8 Å². The van der Waals surface area contributed by atoms with Gasteiger partial charge in [0.15, 0.2) is 0 Å². The summed E-state index contributed by atoms with van der Waals surface area (Å²) in [5.41, 5.74) is 0.438. The molecule has 6 heteroatoms. The van der Waals surface area contributed by atoms with E-state index in [-0.39, 0.29) is 12.5 Å². The minimum atomic E-state index is -0.841. The number of aliphatic carboxylic acids is 1. The molecule has 1 amide bonds. The summed E-state index contributed by atoms with van der Waals surface area (Å²) in [7, 11) is 0. The smallest absolute Gasteiger partial charge is 0.308 e. The van der Waals surface area contributed by atoms with Crippen LogP contribution in [0.1, 0.15) is 23.2 Å². The maximum absolute atomic E-state index is 12.3. The van der Waals surface area contributed by atoms with Crippen molar-refractivity contribution in [1.82, 2.24) is 4.90 Å². The van der Waals surface area contributed by atoms with Crippen LogP contribution in [0, 0.1) is 9.49 Å². The molecule has 4 nitrogen and oxygen atoms in total. The third-order valence-corrected chi connectivity index (χ3v) is 4.20. The minimum Gasteiger partial charge on any atom is -0.481 e. The Labute approximate surface area is 129 Å². The highest BCUT2D eigenvalue weighted by molar-refractivity contribution is 14.1. The van der Waals surface area contributed by atoms with Crippen molar-refractivity contribution in [1.29, 1.82) is 0 Å². The van der Waals surface area contributed by atoms with E-state index in [2.05, 4.69) is 22.6 Å². The van der Waals surface area contributed by atoms with Gasteiger partial charge < -0.3 is 10.0 Å². The molecule has 19 heavy (non-hydrogen) atoms. The van der Waals surface area contributed by atoms with Gasteiger partial charge in [0.05, 0.1) is 16.5 Å². The molecule has 1 heterocycles. The average Bonchev–Trinajstić information content (AvgIpc) is 2.38. The van der Waals surface area contributed by atoms with Crippen molar-refractivity contribution in [2.75, 3.05) is 13.1 Å². The second kappa shape index (κ2) is 6.09.